The van der Waals surface area contributed by atoms with Crippen LogP contribution in [-0.2, 0) is 17.8 Å². The maximum atomic E-state index is 12.9. The maximum absolute atomic E-state index is 12.9. The molecule has 164 valence electrons. The molecule has 5 rings (SSSR count). The van der Waals surface area contributed by atoms with E-state index in [2.05, 4.69) is 21.6 Å². The summed E-state index contributed by atoms with van der Waals surface area (Å²) in [7, 11) is 0. The first-order valence-corrected chi connectivity index (χ1v) is 11.4. The lowest BCUT2D eigenvalue weighted by atomic mass is 10.1. The van der Waals surface area contributed by atoms with Gasteiger partial charge < -0.3 is 13.9 Å². The molecule has 0 unspecified atom stereocenters. The number of pyridine rings is 1. The summed E-state index contributed by atoms with van der Waals surface area (Å²) in [4.78, 5) is 22.0. The van der Waals surface area contributed by atoms with Crippen LogP contribution in [-0.4, -0.2) is 55.8 Å². The lowest BCUT2D eigenvalue weighted by Gasteiger charge is -2.21. The summed E-state index contributed by atoms with van der Waals surface area (Å²) >= 11 is 6.08. The van der Waals surface area contributed by atoms with Gasteiger partial charge in [0.1, 0.15) is 5.65 Å². The third-order valence-corrected chi connectivity index (χ3v) is 6.21. The summed E-state index contributed by atoms with van der Waals surface area (Å²) < 4.78 is 4.03. The normalized spacial score (nSPS) is 15.2. The Kier molecular flexibility index (Phi) is 5.97. The molecule has 0 N–H and O–H groups in total. The minimum atomic E-state index is 0.197. The Morgan fingerprint density at radius 3 is 2.56 bits per heavy atom. The van der Waals surface area contributed by atoms with Crippen LogP contribution in [0.5, 0.6) is 0 Å². The molecule has 0 aliphatic carbocycles. The number of fused-ring (bicyclic) bond motifs is 1. The number of carbonyl (C=O) groups is 1. The summed E-state index contributed by atoms with van der Waals surface area (Å²) in [5.74, 6) is 0.197. The molecule has 4 aromatic rings. The van der Waals surface area contributed by atoms with E-state index in [9.17, 15) is 4.79 Å². The first-order chi connectivity index (χ1) is 15.6. The molecule has 1 aliphatic heterocycles. The lowest BCUT2D eigenvalue weighted by Crippen LogP contribution is -2.36. The molecular weight excluding hydrogens is 422 g/mol. The number of aromatic nitrogens is 3. The Morgan fingerprint density at radius 2 is 1.75 bits per heavy atom. The maximum Gasteiger partial charge on any atom is 0.227 e. The second kappa shape index (κ2) is 9.18. The van der Waals surface area contributed by atoms with Crippen molar-refractivity contribution in [2.45, 2.75) is 19.4 Å². The molecule has 1 saturated heterocycles. The number of halogens is 1. The van der Waals surface area contributed by atoms with Gasteiger partial charge in [0.25, 0.3) is 0 Å². The quantitative estimate of drug-likeness (QED) is 0.463. The molecule has 0 radical (unpaired) electrons. The number of benzene rings is 1. The van der Waals surface area contributed by atoms with Crippen LogP contribution in [0.3, 0.4) is 0 Å². The van der Waals surface area contributed by atoms with Crippen LogP contribution in [0.25, 0.3) is 11.3 Å². The number of carbonyl (C=O) groups excluding carboxylic acids is 1. The molecule has 0 saturated carbocycles. The summed E-state index contributed by atoms with van der Waals surface area (Å²) in [6.07, 6.45) is 9.36. The standard InChI is InChI=1S/C25H26ClN5O/c26-21-6-9-24-27-22(19-31(24)17-21)18-28-10-3-13-30(15-14-28)25(32)16-20-4-7-23(8-5-20)29-11-1-2-12-29/h1-2,4-9,11-12,17,19H,3,10,13-16,18H2. The monoisotopic (exact) mass is 447 g/mol. The van der Waals surface area contributed by atoms with Crippen molar-refractivity contribution in [3.05, 3.63) is 89.6 Å². The molecule has 32 heavy (non-hydrogen) atoms. The molecule has 0 atom stereocenters. The van der Waals surface area contributed by atoms with Crippen LogP contribution in [0.1, 0.15) is 17.7 Å². The molecule has 0 spiro atoms. The van der Waals surface area contributed by atoms with Gasteiger partial charge in [-0.2, -0.15) is 0 Å². The Balaban J connectivity index is 1.17. The van der Waals surface area contributed by atoms with Crippen molar-refractivity contribution in [1.29, 1.82) is 0 Å². The van der Waals surface area contributed by atoms with E-state index >= 15 is 0 Å². The van der Waals surface area contributed by atoms with E-state index in [-0.39, 0.29) is 5.91 Å². The first-order valence-electron chi connectivity index (χ1n) is 11.0. The van der Waals surface area contributed by atoms with Gasteiger partial charge in [0.05, 0.1) is 17.1 Å². The fraction of sp³-hybridized carbons (Fsp3) is 0.280. The van der Waals surface area contributed by atoms with Gasteiger partial charge >= 0.3 is 0 Å². The smallest absolute Gasteiger partial charge is 0.227 e. The molecule has 3 aromatic heterocycles. The summed E-state index contributed by atoms with van der Waals surface area (Å²) in [6, 6.07) is 16.0. The van der Waals surface area contributed by atoms with Crippen molar-refractivity contribution in [3.8, 4) is 5.69 Å². The SMILES string of the molecule is O=C(Cc1ccc(-n2cccc2)cc1)N1CCCN(Cc2cn3cc(Cl)ccc3n2)CC1. The van der Waals surface area contributed by atoms with Gasteiger partial charge in [-0.05, 0) is 48.4 Å². The highest BCUT2D eigenvalue weighted by molar-refractivity contribution is 6.30. The third kappa shape index (κ3) is 4.71. The molecule has 7 heteroatoms. The highest BCUT2D eigenvalue weighted by atomic mass is 35.5. The number of hydrogen-bond acceptors (Lipinski definition) is 3. The van der Waals surface area contributed by atoms with Crippen molar-refractivity contribution < 1.29 is 4.79 Å². The Hall–Kier alpha value is -3.09. The number of nitrogens with zero attached hydrogens (tertiary/aromatic N) is 5. The number of amides is 1. The second-order valence-electron chi connectivity index (χ2n) is 8.29. The third-order valence-electron chi connectivity index (χ3n) is 5.99. The van der Waals surface area contributed by atoms with E-state index in [1.807, 2.05) is 70.5 Å². The molecule has 1 fully saturated rings. The minimum Gasteiger partial charge on any atom is -0.341 e. The predicted molar refractivity (Wildman–Crippen MR) is 126 cm³/mol. The molecule has 4 heterocycles. The fourth-order valence-electron chi connectivity index (χ4n) is 4.28. The van der Waals surface area contributed by atoms with Gasteiger partial charge in [-0.3, -0.25) is 9.69 Å². The highest BCUT2D eigenvalue weighted by Crippen LogP contribution is 2.15. The van der Waals surface area contributed by atoms with E-state index in [1.165, 1.54) is 0 Å². The molecule has 1 aliphatic rings. The van der Waals surface area contributed by atoms with Crippen LogP contribution >= 0.6 is 11.6 Å². The van der Waals surface area contributed by atoms with Gasteiger partial charge in [-0.1, -0.05) is 23.7 Å². The predicted octanol–water partition coefficient (Wildman–Crippen LogP) is 4.06. The van der Waals surface area contributed by atoms with Gasteiger partial charge in [-0.25, -0.2) is 4.98 Å². The summed E-state index contributed by atoms with van der Waals surface area (Å²) in [5, 5.41) is 0.699. The molecule has 6 nitrogen and oxygen atoms in total. The van der Waals surface area contributed by atoms with Gasteiger partial charge in [0, 0.05) is 63.2 Å². The molecule has 1 aromatic carbocycles. The first kappa shape index (κ1) is 20.8. The second-order valence-corrected chi connectivity index (χ2v) is 8.73. The van der Waals surface area contributed by atoms with Crippen molar-refractivity contribution in [1.82, 2.24) is 23.8 Å². The topological polar surface area (TPSA) is 45.8 Å². The largest absolute Gasteiger partial charge is 0.341 e. The van der Waals surface area contributed by atoms with Crippen LogP contribution in [0.2, 0.25) is 5.02 Å². The van der Waals surface area contributed by atoms with Crippen LogP contribution in [0.15, 0.2) is 73.3 Å². The van der Waals surface area contributed by atoms with E-state index < -0.39 is 0 Å². The van der Waals surface area contributed by atoms with E-state index in [4.69, 9.17) is 16.6 Å². The number of imidazole rings is 1. The van der Waals surface area contributed by atoms with Gasteiger partial charge in [0.15, 0.2) is 0 Å². The fourth-order valence-corrected chi connectivity index (χ4v) is 4.45. The Bertz CT molecular complexity index is 1200. The van der Waals surface area contributed by atoms with Crippen molar-refractivity contribution in [2.24, 2.45) is 0 Å². The van der Waals surface area contributed by atoms with Crippen molar-refractivity contribution >= 4 is 23.2 Å². The Morgan fingerprint density at radius 1 is 0.938 bits per heavy atom. The number of hydrogen-bond donors (Lipinski definition) is 0. The van der Waals surface area contributed by atoms with Gasteiger partial charge in [-0.15, -0.1) is 0 Å². The van der Waals surface area contributed by atoms with Crippen molar-refractivity contribution in [2.75, 3.05) is 26.2 Å². The Labute approximate surface area is 192 Å². The zero-order valence-electron chi connectivity index (χ0n) is 17.9. The molecular formula is C25H26ClN5O. The average molecular weight is 448 g/mol. The zero-order chi connectivity index (χ0) is 21.9. The summed E-state index contributed by atoms with van der Waals surface area (Å²) in [5.41, 5.74) is 4.08. The highest BCUT2D eigenvalue weighted by Gasteiger charge is 2.20. The van der Waals surface area contributed by atoms with E-state index in [1.54, 1.807) is 0 Å². The minimum absolute atomic E-state index is 0.197. The van der Waals surface area contributed by atoms with Crippen molar-refractivity contribution in [3.63, 3.8) is 0 Å². The van der Waals surface area contributed by atoms with E-state index in [0.29, 0.717) is 11.4 Å². The van der Waals surface area contributed by atoms with E-state index in [0.717, 1.165) is 61.7 Å². The van der Waals surface area contributed by atoms with Crippen LogP contribution in [0, 0.1) is 0 Å². The molecule has 0 bridgehead atoms. The number of rotatable bonds is 5. The van der Waals surface area contributed by atoms with Crippen LogP contribution in [0.4, 0.5) is 0 Å². The average Bonchev–Trinajstić information content (AvgIpc) is 3.40. The van der Waals surface area contributed by atoms with Gasteiger partial charge in [0.2, 0.25) is 5.91 Å². The molecule has 1 amide bonds. The zero-order valence-corrected chi connectivity index (χ0v) is 18.7. The lowest BCUT2D eigenvalue weighted by molar-refractivity contribution is -0.130. The van der Waals surface area contributed by atoms with Crippen LogP contribution < -0.4 is 0 Å². The summed E-state index contributed by atoms with van der Waals surface area (Å²) in [6.45, 7) is 4.15.